The molecule has 0 fully saturated rings. The van der Waals surface area contributed by atoms with Gasteiger partial charge in [-0.1, -0.05) is 36.4 Å². The van der Waals surface area contributed by atoms with Crippen LogP contribution >= 0.6 is 0 Å². The van der Waals surface area contributed by atoms with Crippen molar-refractivity contribution in [3.8, 4) is 17.1 Å². The van der Waals surface area contributed by atoms with Crippen LogP contribution in [0.25, 0.3) is 11.4 Å². The second-order valence-corrected chi connectivity index (χ2v) is 8.14. The van der Waals surface area contributed by atoms with Gasteiger partial charge in [0.1, 0.15) is 17.7 Å². The number of aryl methyl sites for hydroxylation is 1. The minimum absolute atomic E-state index is 0.0166. The summed E-state index contributed by atoms with van der Waals surface area (Å²) in [5.74, 6) is 1.69. The van der Waals surface area contributed by atoms with Crippen LogP contribution in [0, 0.1) is 0 Å². The van der Waals surface area contributed by atoms with Crippen LogP contribution in [0.15, 0.2) is 53.3 Å². The molecule has 0 radical (unpaired) electrons. The van der Waals surface area contributed by atoms with E-state index in [0.29, 0.717) is 5.82 Å². The normalized spacial score (nSPS) is 17.2. The third-order valence-electron chi connectivity index (χ3n) is 5.82. The standard InChI is InChI=1S/C24H25N3O2/c1-27(15-19-13-17-7-2-3-11-22(17)29-19)14-16-6-4-8-18(12-16)23-25-21-10-5-9-20(21)24(28)26-23/h2-4,6-8,11-12,19H,5,9-10,13-15H2,1H3,(H,25,26,28). The van der Waals surface area contributed by atoms with Gasteiger partial charge in [0.2, 0.25) is 0 Å². The van der Waals surface area contributed by atoms with E-state index in [1.54, 1.807) is 0 Å². The Morgan fingerprint density at radius 1 is 1.17 bits per heavy atom. The van der Waals surface area contributed by atoms with Gasteiger partial charge in [0.05, 0.1) is 5.69 Å². The van der Waals surface area contributed by atoms with Crippen LogP contribution in [0.1, 0.15) is 28.8 Å². The number of benzene rings is 2. The third-order valence-corrected chi connectivity index (χ3v) is 5.82. The first kappa shape index (κ1) is 18.1. The lowest BCUT2D eigenvalue weighted by molar-refractivity contribution is 0.165. The van der Waals surface area contributed by atoms with Gasteiger partial charge in [0.25, 0.3) is 5.56 Å². The maximum absolute atomic E-state index is 12.3. The first-order valence-corrected chi connectivity index (χ1v) is 10.3. The molecule has 0 amide bonds. The molecule has 1 aromatic heterocycles. The van der Waals surface area contributed by atoms with Gasteiger partial charge >= 0.3 is 0 Å². The Morgan fingerprint density at radius 2 is 2.07 bits per heavy atom. The lowest BCUT2D eigenvalue weighted by Gasteiger charge is -2.21. The van der Waals surface area contributed by atoms with Crippen molar-refractivity contribution in [1.82, 2.24) is 14.9 Å². The number of fused-ring (bicyclic) bond motifs is 2. The fourth-order valence-electron chi connectivity index (χ4n) is 4.47. The van der Waals surface area contributed by atoms with Crippen molar-refractivity contribution in [2.75, 3.05) is 13.6 Å². The zero-order valence-electron chi connectivity index (χ0n) is 16.6. The number of aromatic nitrogens is 2. The summed E-state index contributed by atoms with van der Waals surface area (Å²) in [7, 11) is 2.12. The van der Waals surface area contributed by atoms with E-state index < -0.39 is 0 Å². The molecule has 1 aliphatic heterocycles. The third kappa shape index (κ3) is 3.70. The summed E-state index contributed by atoms with van der Waals surface area (Å²) in [6.07, 6.45) is 3.91. The molecule has 5 rings (SSSR count). The summed E-state index contributed by atoms with van der Waals surface area (Å²) in [4.78, 5) is 22.3. The Hall–Kier alpha value is -2.92. The van der Waals surface area contributed by atoms with Gasteiger partial charge in [-0.15, -0.1) is 0 Å². The first-order valence-electron chi connectivity index (χ1n) is 10.3. The molecule has 1 unspecified atom stereocenters. The highest BCUT2D eigenvalue weighted by Crippen LogP contribution is 2.28. The fourth-order valence-corrected chi connectivity index (χ4v) is 4.47. The number of para-hydroxylation sites is 1. The molecule has 0 bridgehead atoms. The number of nitrogens with one attached hydrogen (secondary N) is 1. The second kappa shape index (κ2) is 7.48. The summed E-state index contributed by atoms with van der Waals surface area (Å²) in [5.41, 5.74) is 5.30. The highest BCUT2D eigenvalue weighted by atomic mass is 16.5. The fraction of sp³-hybridized carbons (Fsp3) is 0.333. The summed E-state index contributed by atoms with van der Waals surface area (Å²) < 4.78 is 6.07. The van der Waals surface area contributed by atoms with Crippen molar-refractivity contribution in [1.29, 1.82) is 0 Å². The van der Waals surface area contributed by atoms with Gasteiger partial charge in [0, 0.05) is 30.6 Å². The van der Waals surface area contributed by atoms with Crippen LogP contribution in [-0.2, 0) is 25.8 Å². The van der Waals surface area contributed by atoms with Crippen molar-refractivity contribution >= 4 is 0 Å². The quantitative estimate of drug-likeness (QED) is 0.729. The van der Waals surface area contributed by atoms with Crippen molar-refractivity contribution in [3.05, 3.63) is 81.3 Å². The number of aromatic amines is 1. The largest absolute Gasteiger partial charge is 0.488 e. The molecule has 29 heavy (non-hydrogen) atoms. The predicted molar refractivity (Wildman–Crippen MR) is 113 cm³/mol. The number of rotatable bonds is 5. The average molecular weight is 387 g/mol. The summed E-state index contributed by atoms with van der Waals surface area (Å²) in [6, 6.07) is 16.6. The van der Waals surface area contributed by atoms with E-state index in [2.05, 4.69) is 41.2 Å². The van der Waals surface area contributed by atoms with Crippen molar-refractivity contribution < 1.29 is 4.74 Å². The number of H-pyrrole nitrogens is 1. The van der Waals surface area contributed by atoms with E-state index >= 15 is 0 Å². The van der Waals surface area contributed by atoms with Crippen LogP contribution in [0.4, 0.5) is 0 Å². The van der Waals surface area contributed by atoms with Gasteiger partial charge in [0.15, 0.2) is 0 Å². The maximum atomic E-state index is 12.3. The molecule has 148 valence electrons. The van der Waals surface area contributed by atoms with E-state index in [9.17, 15) is 4.79 Å². The van der Waals surface area contributed by atoms with Crippen molar-refractivity contribution in [3.63, 3.8) is 0 Å². The number of ether oxygens (including phenoxy) is 1. The van der Waals surface area contributed by atoms with Crippen molar-refractivity contribution in [2.45, 2.75) is 38.3 Å². The highest BCUT2D eigenvalue weighted by molar-refractivity contribution is 5.56. The van der Waals surface area contributed by atoms with E-state index in [0.717, 1.165) is 61.3 Å². The van der Waals surface area contributed by atoms with Gasteiger partial charge in [-0.25, -0.2) is 4.98 Å². The predicted octanol–water partition coefficient (Wildman–Crippen LogP) is 3.36. The molecule has 2 heterocycles. The number of hydrogen-bond acceptors (Lipinski definition) is 4. The molecular formula is C24H25N3O2. The molecule has 1 atom stereocenters. The number of nitrogens with zero attached hydrogens (tertiary/aromatic N) is 2. The van der Waals surface area contributed by atoms with Crippen LogP contribution in [0.3, 0.4) is 0 Å². The smallest absolute Gasteiger partial charge is 0.254 e. The molecular weight excluding hydrogens is 362 g/mol. The van der Waals surface area contributed by atoms with Crippen LogP contribution in [0.2, 0.25) is 0 Å². The molecule has 0 saturated carbocycles. The van der Waals surface area contributed by atoms with Crippen LogP contribution in [-0.4, -0.2) is 34.6 Å². The van der Waals surface area contributed by atoms with E-state index in [4.69, 9.17) is 9.72 Å². The van der Waals surface area contributed by atoms with Gasteiger partial charge in [-0.3, -0.25) is 9.69 Å². The van der Waals surface area contributed by atoms with E-state index in [-0.39, 0.29) is 11.7 Å². The van der Waals surface area contributed by atoms with Gasteiger partial charge < -0.3 is 9.72 Å². The zero-order valence-corrected chi connectivity index (χ0v) is 16.6. The highest BCUT2D eigenvalue weighted by Gasteiger charge is 2.23. The Labute approximate surface area is 170 Å². The lowest BCUT2D eigenvalue weighted by atomic mass is 10.1. The molecule has 3 aromatic rings. The van der Waals surface area contributed by atoms with Gasteiger partial charge in [-0.2, -0.15) is 0 Å². The SMILES string of the molecule is CN(Cc1cccc(-c2nc3c(c(=O)[nH]2)CCC3)c1)CC1Cc2ccccc2O1. The van der Waals surface area contributed by atoms with E-state index in [1.807, 2.05) is 24.3 Å². The first-order chi connectivity index (χ1) is 14.2. The number of likely N-dealkylation sites (N-methyl/N-ethyl adjacent to an activating group) is 1. The number of hydrogen-bond donors (Lipinski definition) is 1. The monoisotopic (exact) mass is 387 g/mol. The van der Waals surface area contributed by atoms with E-state index in [1.165, 1.54) is 11.1 Å². The van der Waals surface area contributed by atoms with Gasteiger partial charge in [-0.05, 0) is 49.6 Å². The average Bonchev–Trinajstić information content (AvgIpc) is 3.34. The Bertz CT molecular complexity index is 1080. The van der Waals surface area contributed by atoms with Crippen LogP contribution < -0.4 is 10.3 Å². The second-order valence-electron chi connectivity index (χ2n) is 8.14. The van der Waals surface area contributed by atoms with Crippen molar-refractivity contribution in [2.24, 2.45) is 0 Å². The minimum Gasteiger partial charge on any atom is -0.488 e. The maximum Gasteiger partial charge on any atom is 0.254 e. The molecule has 5 nitrogen and oxygen atoms in total. The molecule has 0 saturated heterocycles. The zero-order chi connectivity index (χ0) is 19.8. The Kier molecular flexibility index (Phi) is 4.68. The lowest BCUT2D eigenvalue weighted by Crippen LogP contribution is -2.31. The molecule has 1 N–H and O–H groups in total. The summed E-state index contributed by atoms with van der Waals surface area (Å²) >= 11 is 0. The molecule has 2 aromatic carbocycles. The Morgan fingerprint density at radius 3 is 2.97 bits per heavy atom. The summed E-state index contributed by atoms with van der Waals surface area (Å²) in [6.45, 7) is 1.69. The summed E-state index contributed by atoms with van der Waals surface area (Å²) in [5, 5.41) is 0. The minimum atomic E-state index is 0.0166. The molecule has 0 spiro atoms. The Balaban J connectivity index is 1.28. The van der Waals surface area contributed by atoms with Crippen LogP contribution in [0.5, 0.6) is 5.75 Å². The molecule has 1 aliphatic carbocycles. The topological polar surface area (TPSA) is 58.2 Å². The molecule has 5 heteroatoms. The molecule has 2 aliphatic rings.